The summed E-state index contributed by atoms with van der Waals surface area (Å²) in [7, 11) is 1.64. The monoisotopic (exact) mass is 289 g/mol. The second-order valence-corrected chi connectivity index (χ2v) is 6.31. The number of carbonyl (C=O) groups is 1. The van der Waals surface area contributed by atoms with Crippen LogP contribution < -0.4 is 4.74 Å². The highest BCUT2D eigenvalue weighted by Crippen LogP contribution is 2.33. The standard InChI is InChI=1S/C18H27NO2/c1-6-18(4,19-9-7-8-10-19)17(20)16-14(3)11-13(2)12-15(16)21-5/h11-12H,6-10H2,1-5H3. The third-order valence-corrected chi connectivity index (χ3v) is 4.87. The van der Waals surface area contributed by atoms with E-state index in [-0.39, 0.29) is 5.78 Å². The Balaban J connectivity index is 2.47. The van der Waals surface area contributed by atoms with Crippen LogP contribution in [0.15, 0.2) is 12.1 Å². The zero-order chi connectivity index (χ0) is 15.6. The summed E-state index contributed by atoms with van der Waals surface area (Å²) in [6.45, 7) is 10.3. The first kappa shape index (κ1) is 16.0. The van der Waals surface area contributed by atoms with E-state index < -0.39 is 5.54 Å². The molecule has 21 heavy (non-hydrogen) atoms. The highest BCUT2D eigenvalue weighted by Gasteiger charge is 2.40. The zero-order valence-electron chi connectivity index (χ0n) is 14.0. The van der Waals surface area contributed by atoms with Crippen molar-refractivity contribution in [2.45, 2.75) is 52.5 Å². The van der Waals surface area contributed by atoms with Crippen molar-refractivity contribution in [3.8, 4) is 5.75 Å². The summed E-state index contributed by atoms with van der Waals surface area (Å²) in [6, 6.07) is 4.02. The van der Waals surface area contributed by atoms with Gasteiger partial charge in [-0.2, -0.15) is 0 Å². The minimum absolute atomic E-state index is 0.196. The molecule has 1 heterocycles. The Morgan fingerprint density at radius 2 is 1.90 bits per heavy atom. The minimum Gasteiger partial charge on any atom is -0.496 e. The Morgan fingerprint density at radius 1 is 1.29 bits per heavy atom. The Bertz CT molecular complexity index is 532. The van der Waals surface area contributed by atoms with Crippen LogP contribution in [-0.2, 0) is 0 Å². The number of benzene rings is 1. The van der Waals surface area contributed by atoms with E-state index in [2.05, 4.69) is 24.8 Å². The van der Waals surface area contributed by atoms with Gasteiger partial charge in [0.15, 0.2) is 5.78 Å². The van der Waals surface area contributed by atoms with Crippen LogP contribution in [0, 0.1) is 13.8 Å². The smallest absolute Gasteiger partial charge is 0.186 e. The molecule has 1 atom stereocenters. The second kappa shape index (κ2) is 6.18. The molecule has 0 saturated carbocycles. The molecule has 0 bridgehead atoms. The summed E-state index contributed by atoms with van der Waals surface area (Å²) in [4.78, 5) is 15.6. The van der Waals surface area contributed by atoms with Crippen molar-refractivity contribution in [1.29, 1.82) is 0 Å². The molecular formula is C18H27NO2. The third-order valence-electron chi connectivity index (χ3n) is 4.87. The van der Waals surface area contributed by atoms with Gasteiger partial charge in [0.2, 0.25) is 0 Å². The van der Waals surface area contributed by atoms with E-state index in [1.807, 2.05) is 19.9 Å². The molecule has 1 saturated heterocycles. The van der Waals surface area contributed by atoms with Gasteiger partial charge in [0.05, 0.1) is 18.2 Å². The molecule has 3 heteroatoms. The topological polar surface area (TPSA) is 29.5 Å². The molecule has 3 nitrogen and oxygen atoms in total. The fraction of sp³-hybridized carbons (Fsp3) is 0.611. The molecule has 1 aromatic rings. The van der Waals surface area contributed by atoms with Gasteiger partial charge in [0.25, 0.3) is 0 Å². The molecule has 0 aliphatic carbocycles. The predicted molar refractivity (Wildman–Crippen MR) is 86.3 cm³/mol. The van der Waals surface area contributed by atoms with Crippen molar-refractivity contribution in [1.82, 2.24) is 4.90 Å². The van der Waals surface area contributed by atoms with Crippen LogP contribution in [0.25, 0.3) is 0 Å². The largest absolute Gasteiger partial charge is 0.496 e. The fourth-order valence-corrected chi connectivity index (χ4v) is 3.39. The molecule has 0 aromatic heterocycles. The normalized spacial score (nSPS) is 18.5. The summed E-state index contributed by atoms with van der Waals surface area (Å²) < 4.78 is 5.49. The summed E-state index contributed by atoms with van der Waals surface area (Å²) in [5, 5.41) is 0. The van der Waals surface area contributed by atoms with E-state index in [4.69, 9.17) is 4.74 Å². The van der Waals surface area contributed by atoms with Crippen LogP contribution in [0.4, 0.5) is 0 Å². The minimum atomic E-state index is -0.427. The van der Waals surface area contributed by atoms with Crippen LogP contribution in [0.2, 0.25) is 0 Å². The van der Waals surface area contributed by atoms with Crippen LogP contribution >= 0.6 is 0 Å². The number of aryl methyl sites for hydroxylation is 2. The summed E-state index contributed by atoms with van der Waals surface area (Å²) >= 11 is 0. The van der Waals surface area contributed by atoms with Gasteiger partial charge in [0.1, 0.15) is 5.75 Å². The van der Waals surface area contributed by atoms with Crippen LogP contribution in [0.5, 0.6) is 5.75 Å². The number of hydrogen-bond acceptors (Lipinski definition) is 3. The van der Waals surface area contributed by atoms with Crippen molar-refractivity contribution in [3.05, 3.63) is 28.8 Å². The maximum absolute atomic E-state index is 13.3. The molecule has 1 unspecified atom stereocenters. The molecule has 116 valence electrons. The number of rotatable bonds is 5. The Morgan fingerprint density at radius 3 is 2.43 bits per heavy atom. The third kappa shape index (κ3) is 2.84. The fourth-order valence-electron chi connectivity index (χ4n) is 3.39. The lowest BCUT2D eigenvalue weighted by Gasteiger charge is -2.37. The van der Waals surface area contributed by atoms with Gasteiger partial charge in [-0.3, -0.25) is 9.69 Å². The van der Waals surface area contributed by atoms with Crippen molar-refractivity contribution >= 4 is 5.78 Å². The number of likely N-dealkylation sites (tertiary alicyclic amines) is 1. The van der Waals surface area contributed by atoms with Gasteiger partial charge in [-0.05, 0) is 70.3 Å². The van der Waals surface area contributed by atoms with Gasteiger partial charge < -0.3 is 4.74 Å². The SMILES string of the molecule is CCC(C)(C(=O)c1c(C)cc(C)cc1OC)N1CCCC1. The van der Waals surface area contributed by atoms with E-state index >= 15 is 0 Å². The van der Waals surface area contributed by atoms with Crippen molar-refractivity contribution in [2.24, 2.45) is 0 Å². The number of ketones is 1. The molecule has 0 amide bonds. The quantitative estimate of drug-likeness (QED) is 0.773. The number of Topliss-reactive ketones (excluding diaryl/α,β-unsaturated/α-hetero) is 1. The molecular weight excluding hydrogens is 262 g/mol. The molecule has 1 aliphatic rings. The number of methoxy groups -OCH3 is 1. The molecule has 1 aromatic carbocycles. The van der Waals surface area contributed by atoms with Gasteiger partial charge in [-0.25, -0.2) is 0 Å². The van der Waals surface area contributed by atoms with E-state index in [0.29, 0.717) is 5.75 Å². The lowest BCUT2D eigenvalue weighted by Crippen LogP contribution is -2.51. The molecule has 0 spiro atoms. The average Bonchev–Trinajstić information content (AvgIpc) is 2.99. The van der Waals surface area contributed by atoms with Gasteiger partial charge in [-0.1, -0.05) is 13.0 Å². The summed E-state index contributed by atoms with van der Waals surface area (Å²) in [5.74, 6) is 0.901. The molecule has 1 aliphatic heterocycles. The van der Waals surface area contributed by atoms with Crippen molar-refractivity contribution in [2.75, 3.05) is 20.2 Å². The predicted octanol–water partition coefficient (Wildman–Crippen LogP) is 3.76. The van der Waals surface area contributed by atoms with E-state index in [9.17, 15) is 4.79 Å². The van der Waals surface area contributed by atoms with E-state index in [1.54, 1.807) is 7.11 Å². The molecule has 0 radical (unpaired) electrons. The molecule has 2 rings (SSSR count). The maximum Gasteiger partial charge on any atom is 0.186 e. The maximum atomic E-state index is 13.3. The zero-order valence-corrected chi connectivity index (χ0v) is 14.0. The Labute approximate surface area is 128 Å². The first-order chi connectivity index (χ1) is 9.93. The van der Waals surface area contributed by atoms with E-state index in [1.165, 1.54) is 12.8 Å². The van der Waals surface area contributed by atoms with Crippen LogP contribution in [0.3, 0.4) is 0 Å². The van der Waals surface area contributed by atoms with Gasteiger partial charge in [0, 0.05) is 0 Å². The highest BCUT2D eigenvalue weighted by atomic mass is 16.5. The first-order valence-corrected chi connectivity index (χ1v) is 7.89. The second-order valence-electron chi connectivity index (χ2n) is 6.31. The molecule has 0 N–H and O–H groups in total. The van der Waals surface area contributed by atoms with E-state index in [0.717, 1.165) is 36.2 Å². The lowest BCUT2D eigenvalue weighted by molar-refractivity contribution is 0.0644. The van der Waals surface area contributed by atoms with Crippen molar-refractivity contribution in [3.63, 3.8) is 0 Å². The number of ether oxygens (including phenoxy) is 1. The average molecular weight is 289 g/mol. The highest BCUT2D eigenvalue weighted by molar-refractivity contribution is 6.06. The Kier molecular flexibility index (Phi) is 4.72. The van der Waals surface area contributed by atoms with Crippen molar-refractivity contribution < 1.29 is 9.53 Å². The van der Waals surface area contributed by atoms with Gasteiger partial charge in [-0.15, -0.1) is 0 Å². The first-order valence-electron chi connectivity index (χ1n) is 7.89. The number of carbonyl (C=O) groups excluding carboxylic acids is 1. The summed E-state index contributed by atoms with van der Waals surface area (Å²) in [6.07, 6.45) is 3.20. The number of hydrogen-bond donors (Lipinski definition) is 0. The lowest BCUT2D eigenvalue weighted by atomic mass is 9.84. The summed E-state index contributed by atoms with van der Waals surface area (Å²) in [5.41, 5.74) is 2.46. The van der Waals surface area contributed by atoms with Gasteiger partial charge >= 0.3 is 0 Å². The van der Waals surface area contributed by atoms with Crippen LogP contribution in [-0.4, -0.2) is 36.4 Å². The van der Waals surface area contributed by atoms with Crippen LogP contribution in [0.1, 0.15) is 54.6 Å². The Hall–Kier alpha value is -1.35. The molecule has 1 fully saturated rings. The number of nitrogens with zero attached hydrogens (tertiary/aromatic N) is 1.